The maximum Gasteiger partial charge on any atom is 0.262 e. The fourth-order valence-corrected chi connectivity index (χ4v) is 3.92. The summed E-state index contributed by atoms with van der Waals surface area (Å²) in [4.78, 5) is 11.4. The average molecular weight is 458 g/mol. The van der Waals surface area contributed by atoms with Gasteiger partial charge in [-0.15, -0.1) is 0 Å². The molecule has 0 atom stereocenters. The van der Waals surface area contributed by atoms with Gasteiger partial charge in [0.2, 0.25) is 5.91 Å². The number of hydrogen-bond donors (Lipinski definition) is 2. The highest BCUT2D eigenvalue weighted by Gasteiger charge is 2.17. The van der Waals surface area contributed by atoms with E-state index in [-0.39, 0.29) is 10.8 Å². The predicted octanol–water partition coefficient (Wildman–Crippen LogP) is 3.93. The number of aryl methyl sites for hydroxylation is 1. The third-order valence-electron chi connectivity index (χ3n) is 4.46. The molecule has 0 aliphatic heterocycles. The lowest BCUT2D eigenvalue weighted by molar-refractivity contribution is -0.114. The highest BCUT2D eigenvalue weighted by atomic mass is 32.2. The second-order valence-electron chi connectivity index (χ2n) is 6.76. The van der Waals surface area contributed by atoms with Crippen molar-refractivity contribution in [2.45, 2.75) is 18.7 Å². The average Bonchev–Trinajstić information content (AvgIpc) is 3.11. The topological polar surface area (TPSA) is 120 Å². The molecule has 168 valence electrons. The maximum absolute atomic E-state index is 12.8. The van der Waals surface area contributed by atoms with Gasteiger partial charge in [-0.3, -0.25) is 9.52 Å². The van der Waals surface area contributed by atoms with E-state index >= 15 is 0 Å². The molecule has 0 unspecified atom stereocenters. The summed E-state index contributed by atoms with van der Waals surface area (Å²) in [6.07, 6.45) is 3.37. The summed E-state index contributed by atoms with van der Waals surface area (Å²) >= 11 is 0. The summed E-state index contributed by atoms with van der Waals surface area (Å²) in [6.45, 7) is 3.12. The van der Waals surface area contributed by atoms with Crippen molar-refractivity contribution in [3.05, 3.63) is 59.5 Å². The van der Waals surface area contributed by atoms with Crippen LogP contribution in [-0.4, -0.2) is 33.7 Å². The number of amides is 1. The van der Waals surface area contributed by atoms with Crippen molar-refractivity contribution in [3.8, 4) is 11.5 Å². The van der Waals surface area contributed by atoms with E-state index in [1.165, 1.54) is 33.3 Å². The van der Waals surface area contributed by atoms with E-state index in [1.54, 1.807) is 49.4 Å². The van der Waals surface area contributed by atoms with E-state index in [0.717, 1.165) is 5.56 Å². The van der Waals surface area contributed by atoms with Crippen molar-refractivity contribution in [1.82, 2.24) is 5.16 Å². The highest BCUT2D eigenvalue weighted by Crippen LogP contribution is 2.31. The molecular formula is C22H23N3O6S. The van der Waals surface area contributed by atoms with Crippen LogP contribution in [0.2, 0.25) is 0 Å². The van der Waals surface area contributed by atoms with Crippen LogP contribution < -0.4 is 19.5 Å². The second-order valence-corrected chi connectivity index (χ2v) is 8.44. The summed E-state index contributed by atoms with van der Waals surface area (Å²) in [6, 6.07) is 11.1. The zero-order chi connectivity index (χ0) is 23.3. The van der Waals surface area contributed by atoms with Crippen LogP contribution in [0.25, 0.3) is 12.2 Å². The lowest BCUT2D eigenvalue weighted by Gasteiger charge is -2.13. The van der Waals surface area contributed by atoms with Gasteiger partial charge in [0.1, 0.15) is 22.9 Å². The lowest BCUT2D eigenvalue weighted by atomic mass is 10.2. The summed E-state index contributed by atoms with van der Waals surface area (Å²) in [5.74, 6) is 1.04. The van der Waals surface area contributed by atoms with Gasteiger partial charge in [-0.2, -0.15) is 0 Å². The van der Waals surface area contributed by atoms with E-state index in [4.69, 9.17) is 14.0 Å². The third-order valence-corrected chi connectivity index (χ3v) is 5.84. The van der Waals surface area contributed by atoms with Crippen molar-refractivity contribution < 1.29 is 27.2 Å². The smallest absolute Gasteiger partial charge is 0.262 e. The molecule has 0 spiro atoms. The summed E-state index contributed by atoms with van der Waals surface area (Å²) in [5, 5.41) is 6.52. The quantitative estimate of drug-likeness (QED) is 0.526. The van der Waals surface area contributed by atoms with Crippen molar-refractivity contribution in [1.29, 1.82) is 0 Å². The number of carbonyl (C=O) groups is 1. The molecule has 1 aromatic heterocycles. The Kier molecular flexibility index (Phi) is 6.84. The van der Waals surface area contributed by atoms with E-state index in [1.807, 2.05) is 0 Å². The molecule has 3 rings (SSSR count). The molecule has 3 aromatic rings. The SMILES string of the molecule is COc1ccc(NS(=O)(=O)c2ccc(/C=C\c3onc(C)c3NC(C)=O)cc2)c(OC)c1. The number of aromatic nitrogens is 1. The Morgan fingerprint density at radius 1 is 1.06 bits per heavy atom. The molecule has 2 N–H and O–H groups in total. The van der Waals surface area contributed by atoms with Crippen LogP contribution in [-0.2, 0) is 14.8 Å². The number of carbonyl (C=O) groups excluding carboxylic acids is 1. The number of hydrogen-bond acceptors (Lipinski definition) is 7. The fraction of sp³-hybridized carbons (Fsp3) is 0.182. The van der Waals surface area contributed by atoms with Gasteiger partial charge in [-0.25, -0.2) is 8.42 Å². The first-order valence-corrected chi connectivity index (χ1v) is 11.0. The Balaban J connectivity index is 1.78. The molecule has 32 heavy (non-hydrogen) atoms. The third kappa shape index (κ3) is 5.27. The minimum atomic E-state index is -3.84. The summed E-state index contributed by atoms with van der Waals surface area (Å²) < 4.78 is 43.7. The number of nitrogens with zero attached hydrogens (tertiary/aromatic N) is 1. The van der Waals surface area contributed by atoms with Crippen LogP contribution in [0.15, 0.2) is 51.9 Å². The van der Waals surface area contributed by atoms with Crippen LogP contribution in [0.1, 0.15) is 23.9 Å². The monoisotopic (exact) mass is 457 g/mol. The molecule has 0 saturated heterocycles. The van der Waals surface area contributed by atoms with Gasteiger partial charge in [0, 0.05) is 13.0 Å². The van der Waals surface area contributed by atoms with Gasteiger partial charge in [-0.05, 0) is 42.8 Å². The summed E-state index contributed by atoms with van der Waals surface area (Å²) in [5.41, 5.74) is 2.07. The van der Waals surface area contributed by atoms with E-state index in [0.29, 0.717) is 34.3 Å². The Morgan fingerprint density at radius 3 is 2.41 bits per heavy atom. The molecule has 2 aromatic carbocycles. The van der Waals surface area contributed by atoms with E-state index in [2.05, 4.69) is 15.2 Å². The van der Waals surface area contributed by atoms with Gasteiger partial charge in [0.15, 0.2) is 5.76 Å². The molecule has 0 aliphatic rings. The van der Waals surface area contributed by atoms with Crippen molar-refractivity contribution in [2.24, 2.45) is 0 Å². The standard InChI is InChI=1S/C22H23N3O6S/c1-14-22(23-15(2)26)20(31-24-14)12-7-16-5-9-18(10-6-16)32(27,28)25-19-11-8-17(29-3)13-21(19)30-4/h5-13,25H,1-4H3,(H,23,26)/b12-7-. The van der Waals surface area contributed by atoms with Crippen molar-refractivity contribution in [3.63, 3.8) is 0 Å². The maximum atomic E-state index is 12.8. The molecule has 1 heterocycles. The lowest BCUT2D eigenvalue weighted by Crippen LogP contribution is -2.13. The molecular weight excluding hydrogens is 434 g/mol. The molecule has 0 aliphatic carbocycles. The number of nitrogens with one attached hydrogen (secondary N) is 2. The van der Waals surface area contributed by atoms with Crippen molar-refractivity contribution >= 4 is 39.5 Å². The number of ether oxygens (including phenoxy) is 2. The molecule has 9 nitrogen and oxygen atoms in total. The molecule has 0 bridgehead atoms. The highest BCUT2D eigenvalue weighted by molar-refractivity contribution is 7.92. The minimum absolute atomic E-state index is 0.0852. The van der Waals surface area contributed by atoms with Gasteiger partial charge in [0.05, 0.1) is 24.8 Å². The van der Waals surface area contributed by atoms with Gasteiger partial charge in [0.25, 0.3) is 10.0 Å². The normalized spacial score (nSPS) is 11.4. The number of methoxy groups -OCH3 is 2. The van der Waals surface area contributed by atoms with Crippen LogP contribution in [0.3, 0.4) is 0 Å². The Bertz CT molecular complexity index is 1250. The molecule has 1 amide bonds. The van der Waals surface area contributed by atoms with E-state index < -0.39 is 10.0 Å². The molecule has 0 fully saturated rings. The first-order valence-electron chi connectivity index (χ1n) is 9.50. The molecule has 0 saturated carbocycles. The summed E-state index contributed by atoms with van der Waals surface area (Å²) in [7, 11) is -0.879. The minimum Gasteiger partial charge on any atom is -0.497 e. The first kappa shape index (κ1) is 22.9. The van der Waals surface area contributed by atoms with Crippen LogP contribution in [0, 0.1) is 6.92 Å². The number of sulfonamides is 1. The number of rotatable bonds is 8. The Morgan fingerprint density at radius 2 is 1.78 bits per heavy atom. The van der Waals surface area contributed by atoms with Gasteiger partial charge >= 0.3 is 0 Å². The largest absolute Gasteiger partial charge is 0.497 e. The van der Waals surface area contributed by atoms with Crippen LogP contribution in [0.4, 0.5) is 11.4 Å². The van der Waals surface area contributed by atoms with Gasteiger partial charge in [-0.1, -0.05) is 23.4 Å². The Labute approximate surface area is 186 Å². The molecule has 0 radical (unpaired) electrons. The van der Waals surface area contributed by atoms with Crippen LogP contribution >= 0.6 is 0 Å². The molecule has 10 heteroatoms. The van der Waals surface area contributed by atoms with Gasteiger partial charge < -0.3 is 19.3 Å². The Hall–Kier alpha value is -3.79. The first-order chi connectivity index (χ1) is 15.2. The fourth-order valence-electron chi connectivity index (χ4n) is 2.85. The van der Waals surface area contributed by atoms with Crippen molar-refractivity contribution in [2.75, 3.05) is 24.3 Å². The number of anilines is 2. The second kappa shape index (κ2) is 9.56. The zero-order valence-corrected chi connectivity index (χ0v) is 18.8. The predicted molar refractivity (Wildman–Crippen MR) is 121 cm³/mol. The number of benzene rings is 2. The van der Waals surface area contributed by atoms with E-state index in [9.17, 15) is 13.2 Å². The zero-order valence-electron chi connectivity index (χ0n) is 18.0. The van der Waals surface area contributed by atoms with Crippen LogP contribution in [0.5, 0.6) is 11.5 Å².